The van der Waals surface area contributed by atoms with Crippen molar-refractivity contribution in [3.8, 4) is 0 Å². The van der Waals surface area contributed by atoms with Crippen molar-refractivity contribution < 1.29 is 14.6 Å². The Morgan fingerprint density at radius 2 is 1.86 bits per heavy atom. The van der Waals surface area contributed by atoms with Crippen molar-refractivity contribution in [3.05, 3.63) is 35.9 Å². The van der Waals surface area contributed by atoms with Crippen LogP contribution in [0.5, 0.6) is 0 Å². The molecule has 4 atom stereocenters. The molecule has 0 radical (unpaired) electrons. The van der Waals surface area contributed by atoms with E-state index in [9.17, 15) is 9.90 Å². The first-order chi connectivity index (χ1) is 13.3. The fourth-order valence-electron chi connectivity index (χ4n) is 4.86. The number of nitrogens with zero attached hydrogens (tertiary/aromatic N) is 1. The van der Waals surface area contributed by atoms with Crippen LogP contribution in [0.2, 0.25) is 0 Å². The molecule has 0 amide bonds. The standard InChI is InChI=1S/C24H37NO3/c1-24(2,3)28-23(27)22-15-14-20(13-12-18-10-7-11-21(26)16-18)25(22)17-19-8-5-4-6-9-19/h4-6,8-9,18,20-22,26H,7,10-17H2,1-3H3/t18?,20-,21+,22-/m1/s1. The van der Waals surface area contributed by atoms with Crippen LogP contribution < -0.4 is 0 Å². The maximum absolute atomic E-state index is 12.9. The second-order valence-corrected chi connectivity index (χ2v) is 9.70. The second-order valence-electron chi connectivity index (χ2n) is 9.70. The van der Waals surface area contributed by atoms with Gasteiger partial charge in [0.25, 0.3) is 0 Å². The van der Waals surface area contributed by atoms with Crippen LogP contribution in [0.25, 0.3) is 0 Å². The number of likely N-dealkylation sites (tertiary alicyclic amines) is 1. The molecule has 28 heavy (non-hydrogen) atoms. The molecule has 1 unspecified atom stereocenters. The van der Waals surface area contributed by atoms with Crippen molar-refractivity contribution in [2.45, 2.75) is 102 Å². The van der Waals surface area contributed by atoms with E-state index in [1.807, 2.05) is 26.8 Å². The Hall–Kier alpha value is -1.39. The summed E-state index contributed by atoms with van der Waals surface area (Å²) in [5, 5.41) is 9.97. The van der Waals surface area contributed by atoms with E-state index < -0.39 is 5.60 Å². The highest BCUT2D eigenvalue weighted by molar-refractivity contribution is 5.76. The number of hydrogen-bond acceptors (Lipinski definition) is 4. The van der Waals surface area contributed by atoms with Crippen LogP contribution in [-0.4, -0.2) is 39.8 Å². The van der Waals surface area contributed by atoms with E-state index in [0.29, 0.717) is 12.0 Å². The van der Waals surface area contributed by atoms with Gasteiger partial charge in [-0.3, -0.25) is 9.69 Å². The van der Waals surface area contributed by atoms with Crippen molar-refractivity contribution in [2.75, 3.05) is 0 Å². The van der Waals surface area contributed by atoms with Crippen LogP contribution in [0.3, 0.4) is 0 Å². The van der Waals surface area contributed by atoms with Gasteiger partial charge in [0.2, 0.25) is 0 Å². The molecule has 156 valence electrons. The third kappa shape index (κ3) is 6.05. The van der Waals surface area contributed by atoms with Gasteiger partial charge in [-0.05, 0) is 70.8 Å². The van der Waals surface area contributed by atoms with E-state index in [0.717, 1.165) is 51.5 Å². The van der Waals surface area contributed by atoms with E-state index in [4.69, 9.17) is 4.74 Å². The van der Waals surface area contributed by atoms with Crippen molar-refractivity contribution in [3.63, 3.8) is 0 Å². The van der Waals surface area contributed by atoms with Crippen LogP contribution in [0.15, 0.2) is 30.3 Å². The first kappa shape index (κ1) is 21.3. The molecule has 2 fully saturated rings. The van der Waals surface area contributed by atoms with Crippen LogP contribution in [0.4, 0.5) is 0 Å². The van der Waals surface area contributed by atoms with E-state index in [2.05, 4.69) is 29.2 Å². The van der Waals surface area contributed by atoms with Gasteiger partial charge in [0.15, 0.2) is 0 Å². The molecule has 4 nitrogen and oxygen atoms in total. The molecule has 1 aromatic carbocycles. The zero-order valence-corrected chi connectivity index (χ0v) is 17.8. The Morgan fingerprint density at radius 3 is 2.54 bits per heavy atom. The summed E-state index contributed by atoms with van der Waals surface area (Å²) in [4.78, 5) is 15.2. The van der Waals surface area contributed by atoms with E-state index in [1.165, 1.54) is 12.0 Å². The summed E-state index contributed by atoms with van der Waals surface area (Å²) in [5.74, 6) is 0.543. The number of aliphatic hydroxyl groups excluding tert-OH is 1. The zero-order valence-electron chi connectivity index (χ0n) is 17.8. The fourth-order valence-corrected chi connectivity index (χ4v) is 4.86. The summed E-state index contributed by atoms with van der Waals surface area (Å²) < 4.78 is 5.73. The SMILES string of the molecule is CC(C)(C)OC(=O)[C@H]1CC[C@@H](CCC2CCC[C@H](O)C2)N1Cc1ccccc1. The minimum Gasteiger partial charge on any atom is -0.459 e. The molecular formula is C24H37NO3. The Balaban J connectivity index is 1.66. The number of aliphatic hydroxyl groups is 1. The van der Waals surface area contributed by atoms with Gasteiger partial charge in [-0.15, -0.1) is 0 Å². The lowest BCUT2D eigenvalue weighted by atomic mass is 9.83. The molecule has 0 aromatic heterocycles. The van der Waals surface area contributed by atoms with Crippen molar-refractivity contribution in [1.29, 1.82) is 0 Å². The lowest BCUT2D eigenvalue weighted by molar-refractivity contribution is -0.161. The molecule has 1 aliphatic heterocycles. The molecule has 1 aliphatic carbocycles. The Bertz CT molecular complexity index is 624. The topological polar surface area (TPSA) is 49.8 Å². The number of rotatable bonds is 6. The maximum atomic E-state index is 12.9. The first-order valence-electron chi connectivity index (χ1n) is 11.0. The molecule has 0 bridgehead atoms. The molecule has 3 rings (SSSR count). The number of esters is 1. The van der Waals surface area contributed by atoms with Gasteiger partial charge < -0.3 is 9.84 Å². The minimum absolute atomic E-state index is 0.0842. The minimum atomic E-state index is -0.453. The first-order valence-corrected chi connectivity index (χ1v) is 11.0. The monoisotopic (exact) mass is 387 g/mol. The summed E-state index contributed by atoms with van der Waals surface area (Å²) in [7, 11) is 0. The molecule has 4 heteroatoms. The quantitative estimate of drug-likeness (QED) is 0.719. The van der Waals surface area contributed by atoms with Gasteiger partial charge in [-0.2, -0.15) is 0 Å². The number of hydrogen-bond donors (Lipinski definition) is 1. The number of ether oxygens (including phenoxy) is 1. The van der Waals surface area contributed by atoms with Gasteiger partial charge in [-0.1, -0.05) is 43.2 Å². The second kappa shape index (κ2) is 9.41. The largest absolute Gasteiger partial charge is 0.459 e. The molecule has 1 saturated carbocycles. The molecule has 1 aromatic rings. The molecule has 1 saturated heterocycles. The van der Waals surface area contributed by atoms with Crippen molar-refractivity contribution in [1.82, 2.24) is 4.90 Å². The van der Waals surface area contributed by atoms with E-state index in [1.54, 1.807) is 0 Å². The smallest absolute Gasteiger partial charge is 0.323 e. The van der Waals surface area contributed by atoms with Crippen LogP contribution in [-0.2, 0) is 16.1 Å². The van der Waals surface area contributed by atoms with Crippen LogP contribution in [0, 0.1) is 5.92 Å². The van der Waals surface area contributed by atoms with Crippen molar-refractivity contribution >= 4 is 5.97 Å². The number of benzene rings is 1. The summed E-state index contributed by atoms with van der Waals surface area (Å²) >= 11 is 0. The average Bonchev–Trinajstić information content (AvgIpc) is 3.02. The highest BCUT2D eigenvalue weighted by Gasteiger charge is 2.40. The predicted molar refractivity (Wildman–Crippen MR) is 112 cm³/mol. The molecule has 1 N–H and O–H groups in total. The highest BCUT2D eigenvalue weighted by atomic mass is 16.6. The Kier molecular flexibility index (Phi) is 7.16. The third-order valence-electron chi connectivity index (χ3n) is 6.19. The predicted octanol–water partition coefficient (Wildman–Crippen LogP) is 4.69. The molecule has 2 aliphatic rings. The maximum Gasteiger partial charge on any atom is 0.323 e. The van der Waals surface area contributed by atoms with Gasteiger partial charge in [0.1, 0.15) is 11.6 Å². The zero-order chi connectivity index (χ0) is 20.1. The van der Waals surface area contributed by atoms with Crippen LogP contribution >= 0.6 is 0 Å². The van der Waals surface area contributed by atoms with Gasteiger partial charge >= 0.3 is 5.97 Å². The molecule has 0 spiro atoms. The van der Waals surface area contributed by atoms with Gasteiger partial charge in [-0.25, -0.2) is 0 Å². The fraction of sp³-hybridized carbons (Fsp3) is 0.708. The van der Waals surface area contributed by atoms with Crippen molar-refractivity contribution in [2.24, 2.45) is 5.92 Å². The summed E-state index contributed by atoms with van der Waals surface area (Å²) in [6.45, 7) is 6.61. The lowest BCUT2D eigenvalue weighted by Crippen LogP contribution is -2.43. The number of carbonyl (C=O) groups excluding carboxylic acids is 1. The lowest BCUT2D eigenvalue weighted by Gasteiger charge is -2.32. The Morgan fingerprint density at radius 1 is 1.11 bits per heavy atom. The number of carbonyl (C=O) groups is 1. The van der Waals surface area contributed by atoms with Crippen LogP contribution in [0.1, 0.15) is 77.7 Å². The molecular weight excluding hydrogens is 350 g/mol. The van der Waals surface area contributed by atoms with E-state index in [-0.39, 0.29) is 18.1 Å². The summed E-state index contributed by atoms with van der Waals surface area (Å²) in [5.41, 5.74) is 0.794. The highest BCUT2D eigenvalue weighted by Crippen LogP contribution is 2.34. The average molecular weight is 388 g/mol. The van der Waals surface area contributed by atoms with Gasteiger partial charge in [0.05, 0.1) is 6.10 Å². The summed E-state index contributed by atoms with van der Waals surface area (Å²) in [6.07, 6.45) is 8.34. The normalized spacial score (nSPS) is 29.0. The molecule has 1 heterocycles. The third-order valence-corrected chi connectivity index (χ3v) is 6.19. The summed E-state index contributed by atoms with van der Waals surface area (Å²) in [6, 6.07) is 10.7. The van der Waals surface area contributed by atoms with E-state index >= 15 is 0 Å². The van der Waals surface area contributed by atoms with Gasteiger partial charge in [0, 0.05) is 12.6 Å². The Labute approximate surface area is 170 Å².